The van der Waals surface area contributed by atoms with Crippen molar-refractivity contribution in [3.05, 3.63) is 239 Å². The lowest BCUT2D eigenvalue weighted by atomic mass is 9.90. The summed E-state index contributed by atoms with van der Waals surface area (Å²) in [6.45, 7) is 11.4. The molecule has 3 atom stereocenters. The highest BCUT2D eigenvalue weighted by Crippen LogP contribution is 2.44. The minimum Gasteiger partial charge on any atom is -0.379 e. The Morgan fingerprint density at radius 2 is 0.959 bits per heavy atom. The number of para-hydroxylation sites is 3. The SMILES string of the molecule is CCn1c(-c2ccccc2)c(C(c2ccccc2C)N2CCCC2)c2ccccc21.CN(C)C(c1ccccc1)c1cn(C)c2ccccc12.Cn1cc(C(c2ccccc2)N2CCOCC2)c2ccccc21. The summed E-state index contributed by atoms with van der Waals surface area (Å²) in [5.74, 6) is 0. The Labute approximate surface area is 433 Å². The largest absolute Gasteiger partial charge is 0.379 e. The molecular formula is C66H72N6O. The second-order valence-electron chi connectivity index (χ2n) is 20.1. The van der Waals surface area contributed by atoms with Gasteiger partial charge < -0.3 is 18.4 Å². The number of ether oxygens (including phenoxy) is 1. The van der Waals surface area contributed by atoms with E-state index >= 15 is 0 Å². The van der Waals surface area contributed by atoms with Crippen LogP contribution in [0.1, 0.15) is 76.8 Å². The lowest BCUT2D eigenvalue weighted by Gasteiger charge is -2.34. The number of aryl methyl sites for hydroxylation is 4. The van der Waals surface area contributed by atoms with Crippen molar-refractivity contribution in [1.29, 1.82) is 0 Å². The number of likely N-dealkylation sites (tertiary alicyclic amines) is 1. The number of aromatic nitrogens is 3. The van der Waals surface area contributed by atoms with Crippen molar-refractivity contribution in [1.82, 2.24) is 28.4 Å². The summed E-state index contributed by atoms with van der Waals surface area (Å²) in [7, 11) is 8.52. The Hall–Kier alpha value is -7.00. The van der Waals surface area contributed by atoms with Gasteiger partial charge in [-0.15, -0.1) is 0 Å². The van der Waals surface area contributed by atoms with Gasteiger partial charge in [-0.25, -0.2) is 0 Å². The van der Waals surface area contributed by atoms with Crippen LogP contribution >= 0.6 is 0 Å². The van der Waals surface area contributed by atoms with Crippen molar-refractivity contribution in [2.45, 2.75) is 51.4 Å². The number of morpholine rings is 1. The summed E-state index contributed by atoms with van der Waals surface area (Å²) in [6.07, 6.45) is 7.12. The van der Waals surface area contributed by atoms with E-state index in [1.165, 1.54) is 109 Å². The lowest BCUT2D eigenvalue weighted by Crippen LogP contribution is -2.39. The van der Waals surface area contributed by atoms with Crippen LogP contribution in [0.5, 0.6) is 0 Å². The molecule has 7 aromatic carbocycles. The first kappa shape index (κ1) is 49.6. The highest BCUT2D eigenvalue weighted by Gasteiger charge is 2.33. The fourth-order valence-electron chi connectivity index (χ4n) is 11.9. The first-order chi connectivity index (χ1) is 35.8. The number of benzene rings is 7. The molecule has 0 spiro atoms. The molecule has 5 heterocycles. The second kappa shape index (κ2) is 22.8. The maximum Gasteiger partial charge on any atom is 0.0632 e. The van der Waals surface area contributed by atoms with Crippen LogP contribution in [0.25, 0.3) is 44.0 Å². The maximum absolute atomic E-state index is 5.57. The zero-order valence-electron chi connectivity index (χ0n) is 43.7. The molecule has 2 aliphatic rings. The van der Waals surface area contributed by atoms with Crippen molar-refractivity contribution in [2.75, 3.05) is 53.5 Å². The van der Waals surface area contributed by atoms with E-state index in [0.29, 0.717) is 0 Å². The molecule has 3 unspecified atom stereocenters. The van der Waals surface area contributed by atoms with Gasteiger partial charge in [0.15, 0.2) is 0 Å². The third-order valence-corrected chi connectivity index (χ3v) is 15.2. The maximum atomic E-state index is 5.57. The molecule has 2 fully saturated rings. The smallest absolute Gasteiger partial charge is 0.0632 e. The number of hydrogen-bond donors (Lipinski definition) is 0. The average Bonchev–Trinajstić information content (AvgIpc) is 4.24. The van der Waals surface area contributed by atoms with Crippen molar-refractivity contribution in [2.24, 2.45) is 14.1 Å². The van der Waals surface area contributed by atoms with Crippen LogP contribution in [0.3, 0.4) is 0 Å². The quantitative estimate of drug-likeness (QED) is 0.129. The van der Waals surface area contributed by atoms with E-state index in [2.05, 4.69) is 271 Å². The topological polar surface area (TPSA) is 33.7 Å². The van der Waals surface area contributed by atoms with E-state index in [9.17, 15) is 0 Å². The van der Waals surface area contributed by atoms with Crippen LogP contribution in [-0.4, -0.2) is 81.9 Å². The molecule has 0 N–H and O–H groups in total. The summed E-state index contributed by atoms with van der Waals surface area (Å²) in [4.78, 5) is 7.52. The average molecular weight is 965 g/mol. The Morgan fingerprint density at radius 1 is 0.479 bits per heavy atom. The summed E-state index contributed by atoms with van der Waals surface area (Å²) < 4.78 is 12.5. The van der Waals surface area contributed by atoms with Gasteiger partial charge in [-0.05, 0) is 111 Å². The predicted molar refractivity (Wildman–Crippen MR) is 305 cm³/mol. The van der Waals surface area contributed by atoms with Crippen LogP contribution in [0.15, 0.2) is 200 Å². The molecule has 0 saturated carbocycles. The third-order valence-electron chi connectivity index (χ3n) is 15.2. The molecule has 10 aromatic rings. The van der Waals surface area contributed by atoms with Crippen molar-refractivity contribution >= 4 is 32.7 Å². The van der Waals surface area contributed by atoms with Crippen molar-refractivity contribution < 1.29 is 4.74 Å². The summed E-state index contributed by atoms with van der Waals surface area (Å²) in [5.41, 5.74) is 16.3. The van der Waals surface area contributed by atoms with Crippen molar-refractivity contribution in [3.63, 3.8) is 0 Å². The molecule has 3 aromatic heterocycles. The second-order valence-corrected chi connectivity index (χ2v) is 20.1. The zero-order valence-corrected chi connectivity index (χ0v) is 43.7. The molecular weight excluding hydrogens is 893 g/mol. The van der Waals surface area contributed by atoms with Crippen LogP contribution in [0.4, 0.5) is 0 Å². The molecule has 372 valence electrons. The minimum absolute atomic E-state index is 0.279. The van der Waals surface area contributed by atoms with E-state index in [-0.39, 0.29) is 18.1 Å². The number of rotatable bonds is 11. The first-order valence-electron chi connectivity index (χ1n) is 26.4. The highest BCUT2D eigenvalue weighted by atomic mass is 16.5. The van der Waals surface area contributed by atoms with Crippen LogP contribution in [-0.2, 0) is 25.4 Å². The van der Waals surface area contributed by atoms with E-state index in [1.807, 2.05) is 0 Å². The van der Waals surface area contributed by atoms with Gasteiger partial charge in [0, 0.05) is 84.4 Å². The van der Waals surface area contributed by atoms with Crippen LogP contribution < -0.4 is 0 Å². The Bertz CT molecular complexity index is 3360. The molecule has 0 aliphatic carbocycles. The Kier molecular flexibility index (Phi) is 15.5. The van der Waals surface area contributed by atoms with Gasteiger partial charge in [0.05, 0.1) is 37.0 Å². The van der Waals surface area contributed by atoms with Crippen molar-refractivity contribution in [3.8, 4) is 11.3 Å². The van der Waals surface area contributed by atoms with Crippen LogP contribution in [0.2, 0.25) is 0 Å². The van der Waals surface area contributed by atoms with Gasteiger partial charge in [0.25, 0.3) is 0 Å². The fourth-order valence-corrected chi connectivity index (χ4v) is 11.9. The molecule has 2 aliphatic heterocycles. The monoisotopic (exact) mass is 965 g/mol. The fraction of sp³-hybridized carbons (Fsp3) is 0.273. The molecule has 2 saturated heterocycles. The third kappa shape index (κ3) is 10.3. The molecule has 12 rings (SSSR count). The van der Waals surface area contributed by atoms with E-state index in [4.69, 9.17) is 4.74 Å². The minimum atomic E-state index is 0.279. The van der Waals surface area contributed by atoms with Gasteiger partial charge in [-0.2, -0.15) is 0 Å². The highest BCUT2D eigenvalue weighted by molar-refractivity contribution is 5.93. The Balaban J connectivity index is 0.000000129. The summed E-state index contributed by atoms with van der Waals surface area (Å²) >= 11 is 0. The number of hydrogen-bond acceptors (Lipinski definition) is 4. The normalized spacial score (nSPS) is 15.5. The Morgan fingerprint density at radius 3 is 1.55 bits per heavy atom. The van der Waals surface area contributed by atoms with E-state index in [1.54, 1.807) is 0 Å². The van der Waals surface area contributed by atoms with Gasteiger partial charge >= 0.3 is 0 Å². The van der Waals surface area contributed by atoms with E-state index < -0.39 is 0 Å². The number of nitrogens with zero attached hydrogens (tertiary/aromatic N) is 6. The predicted octanol–water partition coefficient (Wildman–Crippen LogP) is 14.3. The van der Waals surface area contributed by atoms with Gasteiger partial charge in [-0.3, -0.25) is 14.7 Å². The molecule has 0 bridgehead atoms. The summed E-state index contributed by atoms with van der Waals surface area (Å²) in [5, 5.41) is 4.06. The summed E-state index contributed by atoms with van der Waals surface area (Å²) in [6, 6.07) is 68.5. The molecule has 7 nitrogen and oxygen atoms in total. The standard InChI is InChI=1S/C28H30N2.C20H22N2O.C18H20N2/c1-3-30-25-18-10-9-17-24(25)26(27(30)22-14-5-4-6-15-22)28(29-19-11-12-20-29)23-16-8-7-13-21(23)2;1-21-15-18(17-9-5-6-10-19(17)21)20(16-7-3-2-4-8-16)22-11-13-23-14-12-22;1-19(2)18(14-9-5-4-6-10-14)16-13-20(3)17-12-8-7-11-15(16)17/h4-10,13-18,28H,3,11-12,19-20H2,1-2H3;2-10,15,20H,11-14H2,1H3;4-13,18H,1-3H3. The lowest BCUT2D eigenvalue weighted by molar-refractivity contribution is 0.0242. The van der Waals surface area contributed by atoms with Gasteiger partial charge in [-0.1, -0.05) is 170 Å². The number of fused-ring (bicyclic) bond motifs is 3. The first-order valence-corrected chi connectivity index (χ1v) is 26.4. The van der Waals surface area contributed by atoms with Crippen LogP contribution in [0, 0.1) is 6.92 Å². The molecule has 7 heteroatoms. The molecule has 73 heavy (non-hydrogen) atoms. The molecule has 0 amide bonds. The van der Waals surface area contributed by atoms with Gasteiger partial charge in [0.2, 0.25) is 0 Å². The van der Waals surface area contributed by atoms with Gasteiger partial charge in [0.1, 0.15) is 0 Å². The zero-order chi connectivity index (χ0) is 50.3. The molecule has 0 radical (unpaired) electrons. The van der Waals surface area contributed by atoms with E-state index in [0.717, 1.165) is 32.8 Å².